The van der Waals surface area contributed by atoms with Crippen LogP contribution in [0.5, 0.6) is 11.5 Å². The van der Waals surface area contributed by atoms with E-state index in [1.807, 2.05) is 0 Å². The number of methoxy groups -OCH3 is 2. The summed E-state index contributed by atoms with van der Waals surface area (Å²) in [5, 5.41) is 11.4. The maximum atomic E-state index is 12.9. The molecule has 0 saturated carbocycles. The van der Waals surface area contributed by atoms with Gasteiger partial charge in [-0.3, -0.25) is 0 Å². The van der Waals surface area contributed by atoms with Gasteiger partial charge in [-0.25, -0.2) is 8.78 Å². The minimum absolute atomic E-state index is 0.272. The summed E-state index contributed by atoms with van der Waals surface area (Å²) >= 11 is 1.17. The third kappa shape index (κ3) is 3.35. The summed E-state index contributed by atoms with van der Waals surface area (Å²) in [6.45, 7) is 0. The molecule has 0 fully saturated rings. The summed E-state index contributed by atoms with van der Waals surface area (Å²) in [5.74, 6) is 0.634. The molecule has 1 aromatic heterocycles. The first-order valence-electron chi connectivity index (χ1n) is 6.14. The van der Waals surface area contributed by atoms with Gasteiger partial charge in [0.05, 0.1) is 20.4 Å². The molecular formula is C13H14F2N4O2S. The van der Waals surface area contributed by atoms with Crippen molar-refractivity contribution in [2.75, 3.05) is 20.5 Å². The molecule has 0 unspecified atom stereocenters. The van der Waals surface area contributed by atoms with Crippen molar-refractivity contribution in [3.05, 3.63) is 29.6 Å². The van der Waals surface area contributed by atoms with Crippen LogP contribution in [0.15, 0.2) is 28.5 Å². The van der Waals surface area contributed by atoms with Gasteiger partial charge in [0.2, 0.25) is 11.0 Å². The predicted molar refractivity (Wildman–Crippen MR) is 79.3 cm³/mol. The van der Waals surface area contributed by atoms with Gasteiger partial charge >= 0.3 is 0 Å². The Balaban J connectivity index is 2.42. The second kappa shape index (κ2) is 7.21. The fourth-order valence-corrected chi connectivity index (χ4v) is 2.14. The first kappa shape index (κ1) is 16.2. The van der Waals surface area contributed by atoms with E-state index in [0.717, 1.165) is 4.68 Å². The normalized spacial score (nSPS) is 11.4. The molecule has 22 heavy (non-hydrogen) atoms. The van der Waals surface area contributed by atoms with Crippen LogP contribution in [-0.4, -0.2) is 41.6 Å². The number of benzene rings is 1. The summed E-state index contributed by atoms with van der Waals surface area (Å²) in [6, 6.07) is 5.12. The van der Waals surface area contributed by atoms with E-state index in [2.05, 4.69) is 15.3 Å². The van der Waals surface area contributed by atoms with Crippen molar-refractivity contribution in [1.82, 2.24) is 14.9 Å². The Morgan fingerprint density at radius 3 is 2.64 bits per heavy atom. The van der Waals surface area contributed by atoms with Crippen LogP contribution >= 0.6 is 11.8 Å². The summed E-state index contributed by atoms with van der Waals surface area (Å²) in [5.41, 5.74) is 0.586. The van der Waals surface area contributed by atoms with Crippen LogP contribution < -0.4 is 9.47 Å². The number of aromatic nitrogens is 3. The van der Waals surface area contributed by atoms with Gasteiger partial charge in [-0.2, -0.15) is 9.78 Å². The number of rotatable bonds is 6. The summed E-state index contributed by atoms with van der Waals surface area (Å²) in [6.07, 6.45) is 0.339. The highest BCUT2D eigenvalue weighted by atomic mass is 32.2. The average molecular weight is 328 g/mol. The van der Waals surface area contributed by atoms with Crippen LogP contribution in [-0.2, 0) is 0 Å². The molecule has 9 heteroatoms. The molecular weight excluding hydrogens is 314 g/mol. The molecule has 2 aromatic rings. The molecule has 1 heterocycles. The Morgan fingerprint density at radius 1 is 1.27 bits per heavy atom. The number of thioether (sulfide) groups is 1. The lowest BCUT2D eigenvalue weighted by Crippen LogP contribution is -2.01. The molecule has 1 aromatic carbocycles. The molecule has 6 nitrogen and oxygen atoms in total. The largest absolute Gasteiger partial charge is 0.497 e. The zero-order valence-corrected chi connectivity index (χ0v) is 13.0. The van der Waals surface area contributed by atoms with Crippen LogP contribution in [0.4, 0.5) is 8.78 Å². The summed E-state index contributed by atoms with van der Waals surface area (Å²) in [7, 11) is 3.04. The van der Waals surface area contributed by atoms with E-state index in [1.165, 1.54) is 32.2 Å². The Kier molecular flexibility index (Phi) is 5.31. The lowest BCUT2D eigenvalue weighted by molar-refractivity contribution is 0.135. The van der Waals surface area contributed by atoms with E-state index in [4.69, 9.17) is 9.47 Å². The quantitative estimate of drug-likeness (QED) is 0.603. The van der Waals surface area contributed by atoms with E-state index in [1.54, 1.807) is 24.5 Å². The molecule has 2 rings (SSSR count). The molecule has 0 N–H and O–H groups in total. The molecule has 0 amide bonds. The van der Waals surface area contributed by atoms with E-state index in [0.29, 0.717) is 17.1 Å². The zero-order valence-electron chi connectivity index (χ0n) is 12.2. The van der Waals surface area contributed by atoms with Gasteiger partial charge in [0, 0.05) is 5.56 Å². The Labute approximate surface area is 130 Å². The molecule has 0 spiro atoms. The smallest absolute Gasteiger partial charge is 0.299 e. The maximum Gasteiger partial charge on any atom is 0.299 e. The Morgan fingerprint density at radius 2 is 2.05 bits per heavy atom. The van der Waals surface area contributed by atoms with Gasteiger partial charge in [0.15, 0.2) is 0 Å². The number of alkyl halides is 2. The number of halogens is 2. The second-order valence-electron chi connectivity index (χ2n) is 4.01. The molecule has 0 aliphatic heterocycles. The fraction of sp³-hybridized carbons (Fsp3) is 0.308. The van der Waals surface area contributed by atoms with Crippen molar-refractivity contribution in [3.63, 3.8) is 0 Å². The standard InChI is InChI=1S/C13H14F2N4O2S/c1-20-9-4-5-10(21-2)8(6-9)7-16-19-12(11(14)15)17-18-13(19)22-3/h4-7,11H,1-3H3. The van der Waals surface area contributed by atoms with E-state index in [9.17, 15) is 8.78 Å². The van der Waals surface area contributed by atoms with Crippen molar-refractivity contribution in [2.24, 2.45) is 5.10 Å². The Bertz CT molecular complexity index is 676. The fourth-order valence-electron chi connectivity index (χ4n) is 1.71. The molecule has 0 atom stereocenters. The third-order valence-corrected chi connectivity index (χ3v) is 3.38. The van der Waals surface area contributed by atoms with Crippen LogP contribution in [0, 0.1) is 0 Å². The van der Waals surface area contributed by atoms with Crippen molar-refractivity contribution in [1.29, 1.82) is 0 Å². The van der Waals surface area contributed by atoms with Gasteiger partial charge in [0.1, 0.15) is 11.5 Å². The highest BCUT2D eigenvalue weighted by Gasteiger charge is 2.19. The molecule has 118 valence electrons. The average Bonchev–Trinajstić information content (AvgIpc) is 2.95. The topological polar surface area (TPSA) is 61.5 Å². The second-order valence-corrected chi connectivity index (χ2v) is 4.78. The van der Waals surface area contributed by atoms with Crippen LogP contribution in [0.1, 0.15) is 17.8 Å². The number of ether oxygens (including phenoxy) is 2. The van der Waals surface area contributed by atoms with Gasteiger partial charge in [-0.05, 0) is 24.5 Å². The number of hydrogen-bond donors (Lipinski definition) is 0. The van der Waals surface area contributed by atoms with E-state index >= 15 is 0 Å². The van der Waals surface area contributed by atoms with Crippen LogP contribution in [0.2, 0.25) is 0 Å². The third-order valence-electron chi connectivity index (χ3n) is 2.76. The predicted octanol–water partition coefficient (Wildman–Crippen LogP) is 2.84. The molecule has 0 aliphatic rings. The van der Waals surface area contributed by atoms with E-state index in [-0.39, 0.29) is 5.16 Å². The number of hydrogen-bond acceptors (Lipinski definition) is 6. The molecule has 0 saturated heterocycles. The highest BCUT2D eigenvalue weighted by Crippen LogP contribution is 2.24. The first-order valence-corrected chi connectivity index (χ1v) is 7.37. The van der Waals surface area contributed by atoms with Gasteiger partial charge in [-0.1, -0.05) is 11.8 Å². The van der Waals surface area contributed by atoms with Crippen molar-refractivity contribution in [3.8, 4) is 11.5 Å². The molecule has 0 bridgehead atoms. The van der Waals surface area contributed by atoms with E-state index < -0.39 is 12.2 Å². The van der Waals surface area contributed by atoms with Crippen molar-refractivity contribution in [2.45, 2.75) is 11.6 Å². The Hall–Kier alpha value is -2.16. The molecule has 0 radical (unpaired) electrons. The SMILES string of the molecule is COc1ccc(OC)c(C=Nn2c(SC)nnc2C(F)F)c1. The maximum absolute atomic E-state index is 12.9. The summed E-state index contributed by atoms with van der Waals surface area (Å²) < 4.78 is 37.2. The minimum Gasteiger partial charge on any atom is -0.497 e. The number of nitrogens with zero attached hydrogens (tertiary/aromatic N) is 4. The van der Waals surface area contributed by atoms with Crippen LogP contribution in [0.3, 0.4) is 0 Å². The first-order chi connectivity index (χ1) is 10.6. The molecule has 0 aliphatic carbocycles. The lowest BCUT2D eigenvalue weighted by atomic mass is 10.2. The van der Waals surface area contributed by atoms with Gasteiger partial charge < -0.3 is 9.47 Å². The van der Waals surface area contributed by atoms with Crippen molar-refractivity contribution >= 4 is 18.0 Å². The highest BCUT2D eigenvalue weighted by molar-refractivity contribution is 7.98. The van der Waals surface area contributed by atoms with Crippen LogP contribution in [0.25, 0.3) is 0 Å². The minimum atomic E-state index is -2.77. The van der Waals surface area contributed by atoms with Gasteiger partial charge in [-0.15, -0.1) is 10.2 Å². The van der Waals surface area contributed by atoms with Crippen molar-refractivity contribution < 1.29 is 18.3 Å². The monoisotopic (exact) mass is 328 g/mol. The lowest BCUT2D eigenvalue weighted by Gasteiger charge is -2.07. The van der Waals surface area contributed by atoms with Gasteiger partial charge in [0.25, 0.3) is 6.43 Å². The summed E-state index contributed by atoms with van der Waals surface area (Å²) in [4.78, 5) is 0. The zero-order chi connectivity index (χ0) is 16.1.